The Morgan fingerprint density at radius 2 is 1.78 bits per heavy atom. The van der Waals surface area contributed by atoms with Gasteiger partial charge in [-0.05, 0) is 74.6 Å². The van der Waals surface area contributed by atoms with E-state index in [4.69, 9.17) is 5.73 Å². The minimum Gasteiger partial charge on any atom is -0.387 e. The van der Waals surface area contributed by atoms with Crippen molar-refractivity contribution in [2.24, 2.45) is 10.7 Å². The zero-order chi connectivity index (χ0) is 26.2. The number of carbonyl (C=O) groups is 2. The fourth-order valence-electron chi connectivity index (χ4n) is 5.52. The SMILES string of the molecule is CCCN(CCC)C(=O)C1=Cc2ccc(C3=CCC=C(CC(=O)N4CCCCC4)CC3)cc2N=C(N)C1. The third-order valence-electron chi connectivity index (χ3n) is 7.49. The first-order chi connectivity index (χ1) is 18.0. The van der Waals surface area contributed by atoms with E-state index in [1.807, 2.05) is 15.9 Å². The highest BCUT2D eigenvalue weighted by atomic mass is 16.2. The van der Waals surface area contributed by atoms with Crippen molar-refractivity contribution in [2.75, 3.05) is 26.2 Å². The Morgan fingerprint density at radius 3 is 2.51 bits per heavy atom. The van der Waals surface area contributed by atoms with E-state index in [1.54, 1.807) is 0 Å². The lowest BCUT2D eigenvalue weighted by molar-refractivity contribution is -0.131. The Morgan fingerprint density at radius 1 is 1.03 bits per heavy atom. The maximum absolute atomic E-state index is 13.3. The van der Waals surface area contributed by atoms with Crippen LogP contribution in [0.5, 0.6) is 0 Å². The molecule has 0 spiro atoms. The highest BCUT2D eigenvalue weighted by Gasteiger charge is 2.22. The van der Waals surface area contributed by atoms with Crippen LogP contribution in [0.25, 0.3) is 11.6 Å². The minimum atomic E-state index is 0.0583. The monoisotopic (exact) mass is 502 g/mol. The number of hydrogen-bond acceptors (Lipinski definition) is 4. The molecule has 2 heterocycles. The van der Waals surface area contributed by atoms with Gasteiger partial charge in [0.1, 0.15) is 5.84 Å². The van der Waals surface area contributed by atoms with Gasteiger partial charge < -0.3 is 15.5 Å². The van der Waals surface area contributed by atoms with Gasteiger partial charge in [0.2, 0.25) is 11.8 Å². The summed E-state index contributed by atoms with van der Waals surface area (Å²) in [5.41, 5.74) is 12.4. The van der Waals surface area contributed by atoms with Gasteiger partial charge in [0.15, 0.2) is 0 Å². The largest absolute Gasteiger partial charge is 0.387 e. The average molecular weight is 503 g/mol. The van der Waals surface area contributed by atoms with E-state index < -0.39 is 0 Å². The number of carbonyl (C=O) groups excluding carboxylic acids is 2. The molecule has 6 nitrogen and oxygen atoms in total. The van der Waals surface area contributed by atoms with Crippen LogP contribution >= 0.6 is 0 Å². The lowest BCUT2D eigenvalue weighted by Crippen LogP contribution is -2.35. The smallest absolute Gasteiger partial charge is 0.250 e. The number of nitrogens with zero attached hydrogens (tertiary/aromatic N) is 3. The van der Waals surface area contributed by atoms with Gasteiger partial charge in [0.25, 0.3) is 0 Å². The molecule has 6 heteroatoms. The summed E-state index contributed by atoms with van der Waals surface area (Å²) in [5.74, 6) is 0.805. The molecule has 3 aliphatic rings. The van der Waals surface area contributed by atoms with Crippen LogP contribution in [-0.4, -0.2) is 53.6 Å². The fraction of sp³-hybridized carbons (Fsp3) is 0.516. The summed E-state index contributed by atoms with van der Waals surface area (Å²) in [4.78, 5) is 34.7. The first kappa shape index (κ1) is 26.9. The topological polar surface area (TPSA) is 79.0 Å². The first-order valence-corrected chi connectivity index (χ1v) is 14.1. The number of piperidine rings is 1. The molecule has 4 rings (SSSR count). The molecule has 1 aromatic rings. The van der Waals surface area contributed by atoms with Crippen LogP contribution in [0, 0.1) is 0 Å². The Labute approximate surface area is 222 Å². The predicted octanol–water partition coefficient (Wildman–Crippen LogP) is 6.01. The Bertz CT molecular complexity index is 1120. The summed E-state index contributed by atoms with van der Waals surface area (Å²) in [6, 6.07) is 6.28. The number of fused-ring (bicyclic) bond motifs is 1. The van der Waals surface area contributed by atoms with Crippen molar-refractivity contribution < 1.29 is 9.59 Å². The lowest BCUT2D eigenvalue weighted by Gasteiger charge is -2.27. The number of benzene rings is 1. The second-order valence-corrected chi connectivity index (χ2v) is 10.5. The van der Waals surface area contributed by atoms with Crippen molar-refractivity contribution in [1.29, 1.82) is 0 Å². The number of allylic oxidation sites excluding steroid dienone is 3. The molecule has 1 saturated heterocycles. The summed E-state index contributed by atoms with van der Waals surface area (Å²) < 4.78 is 0. The third-order valence-corrected chi connectivity index (χ3v) is 7.49. The van der Waals surface area contributed by atoms with E-state index >= 15 is 0 Å². The van der Waals surface area contributed by atoms with Gasteiger partial charge in [0.05, 0.1) is 5.69 Å². The van der Waals surface area contributed by atoms with Crippen LogP contribution in [0.2, 0.25) is 0 Å². The number of hydrogen-bond donors (Lipinski definition) is 1. The molecule has 2 N–H and O–H groups in total. The van der Waals surface area contributed by atoms with Crippen LogP contribution in [0.15, 0.2) is 46.5 Å². The maximum atomic E-state index is 13.3. The third kappa shape index (κ3) is 7.00. The van der Waals surface area contributed by atoms with Crippen molar-refractivity contribution in [3.63, 3.8) is 0 Å². The summed E-state index contributed by atoms with van der Waals surface area (Å²) in [7, 11) is 0. The second kappa shape index (κ2) is 12.9. The molecule has 0 aromatic heterocycles. The molecule has 0 atom stereocenters. The molecule has 198 valence electrons. The van der Waals surface area contributed by atoms with Gasteiger partial charge in [-0.2, -0.15) is 0 Å². The summed E-state index contributed by atoms with van der Waals surface area (Å²) in [6.07, 6.45) is 15.4. The highest BCUT2D eigenvalue weighted by Crippen LogP contribution is 2.34. The summed E-state index contributed by atoms with van der Waals surface area (Å²) in [6.45, 7) is 7.51. The number of nitrogens with two attached hydrogens (primary N) is 1. The molecule has 0 radical (unpaired) electrons. The molecule has 1 aliphatic carbocycles. The molecular formula is C31H42N4O2. The van der Waals surface area contributed by atoms with Crippen molar-refractivity contribution >= 4 is 35.0 Å². The van der Waals surface area contributed by atoms with Gasteiger partial charge in [-0.25, -0.2) is 4.99 Å². The molecule has 1 aromatic carbocycles. The second-order valence-electron chi connectivity index (χ2n) is 10.5. The zero-order valence-electron chi connectivity index (χ0n) is 22.6. The maximum Gasteiger partial charge on any atom is 0.250 e. The minimum absolute atomic E-state index is 0.0583. The number of rotatable bonds is 8. The van der Waals surface area contributed by atoms with Crippen LogP contribution in [0.1, 0.15) is 89.2 Å². The van der Waals surface area contributed by atoms with E-state index in [2.05, 4.69) is 49.2 Å². The molecule has 0 unspecified atom stereocenters. The highest BCUT2D eigenvalue weighted by molar-refractivity contribution is 6.05. The predicted molar refractivity (Wildman–Crippen MR) is 152 cm³/mol. The first-order valence-electron chi connectivity index (χ1n) is 14.1. The van der Waals surface area contributed by atoms with E-state index in [0.717, 1.165) is 87.9 Å². The van der Waals surface area contributed by atoms with Crippen molar-refractivity contribution in [3.05, 3.63) is 52.6 Å². The Kier molecular flexibility index (Phi) is 9.37. The van der Waals surface area contributed by atoms with E-state index in [9.17, 15) is 9.59 Å². The lowest BCUT2D eigenvalue weighted by atomic mass is 9.96. The van der Waals surface area contributed by atoms with Crippen LogP contribution in [0.3, 0.4) is 0 Å². The molecule has 0 bridgehead atoms. The Balaban J connectivity index is 1.46. The van der Waals surface area contributed by atoms with Gasteiger partial charge >= 0.3 is 0 Å². The average Bonchev–Trinajstić information content (AvgIpc) is 3.23. The number of likely N-dealkylation sites (tertiary alicyclic amines) is 1. The molecule has 2 amide bonds. The van der Waals surface area contributed by atoms with Crippen molar-refractivity contribution in [2.45, 2.75) is 78.1 Å². The summed E-state index contributed by atoms with van der Waals surface area (Å²) in [5, 5.41) is 0. The number of aliphatic imine (C=N–C) groups is 1. The van der Waals surface area contributed by atoms with E-state index in [-0.39, 0.29) is 11.8 Å². The quantitative estimate of drug-likeness (QED) is 0.442. The van der Waals surface area contributed by atoms with Crippen LogP contribution in [0.4, 0.5) is 5.69 Å². The number of amides is 2. The van der Waals surface area contributed by atoms with Crippen LogP contribution in [-0.2, 0) is 9.59 Å². The Hall–Kier alpha value is -3.15. The summed E-state index contributed by atoms with van der Waals surface area (Å²) >= 11 is 0. The van der Waals surface area contributed by atoms with E-state index in [1.165, 1.54) is 17.6 Å². The molecule has 2 aliphatic heterocycles. The van der Waals surface area contributed by atoms with E-state index in [0.29, 0.717) is 24.3 Å². The normalized spacial score (nSPS) is 17.9. The van der Waals surface area contributed by atoms with Gasteiger partial charge in [0, 0.05) is 50.2 Å². The van der Waals surface area contributed by atoms with Crippen molar-refractivity contribution in [3.8, 4) is 0 Å². The number of amidine groups is 1. The van der Waals surface area contributed by atoms with Gasteiger partial charge in [-0.3, -0.25) is 9.59 Å². The molecule has 1 fully saturated rings. The zero-order valence-corrected chi connectivity index (χ0v) is 22.6. The van der Waals surface area contributed by atoms with Gasteiger partial charge in [-0.1, -0.05) is 43.7 Å². The molecular weight excluding hydrogens is 460 g/mol. The van der Waals surface area contributed by atoms with Gasteiger partial charge in [-0.15, -0.1) is 0 Å². The molecule has 0 saturated carbocycles. The van der Waals surface area contributed by atoms with Crippen LogP contribution < -0.4 is 5.73 Å². The van der Waals surface area contributed by atoms with Crippen molar-refractivity contribution in [1.82, 2.24) is 9.80 Å². The fourth-order valence-corrected chi connectivity index (χ4v) is 5.52. The molecule has 37 heavy (non-hydrogen) atoms. The standard InChI is InChI=1S/C31H42N4O2/c1-3-15-35(16-4-2)31(37)27-20-26-14-13-25(21-28(26)33-29(32)22-27)24-10-8-9-23(11-12-24)19-30(36)34-17-6-5-7-18-34/h9-10,13-14,20-21H,3-8,11-12,15-19,22H2,1-2H3,(H2,32,33).